The smallest absolute Gasteiger partial charge is 0.274 e. The van der Waals surface area contributed by atoms with Crippen LogP contribution in [-0.4, -0.2) is 34.5 Å². The van der Waals surface area contributed by atoms with Crippen LogP contribution in [0, 0.1) is 0 Å². The zero-order chi connectivity index (χ0) is 22.0. The lowest BCUT2D eigenvalue weighted by molar-refractivity contribution is 0.584. The van der Waals surface area contributed by atoms with Gasteiger partial charge in [-0.3, -0.25) is 4.79 Å². The maximum atomic E-state index is 12.4. The van der Waals surface area contributed by atoms with Crippen molar-refractivity contribution in [1.82, 2.24) is 24.2 Å². The lowest BCUT2D eigenvalue weighted by Crippen LogP contribution is -2.22. The number of pyridine rings is 1. The van der Waals surface area contributed by atoms with Crippen LogP contribution in [-0.2, 0) is 17.1 Å². The number of nitrogens with zero attached hydrogens (tertiary/aromatic N) is 3. The minimum Gasteiger partial charge on any atom is -0.346 e. The number of fused-ring (bicyclic) bond motifs is 1. The van der Waals surface area contributed by atoms with E-state index in [1.54, 1.807) is 50.6 Å². The molecule has 0 bridgehead atoms. The number of aromatic nitrogens is 4. The highest BCUT2D eigenvalue weighted by atomic mass is 32.2. The monoisotopic (exact) mass is 439 g/mol. The number of sulfonamides is 1. The van der Waals surface area contributed by atoms with E-state index in [1.807, 2.05) is 6.07 Å². The zero-order valence-electron chi connectivity index (χ0n) is 16.9. The number of H-pyrrole nitrogens is 1. The molecule has 0 atom stereocenters. The average molecular weight is 440 g/mol. The van der Waals surface area contributed by atoms with Gasteiger partial charge in [0, 0.05) is 31.7 Å². The van der Waals surface area contributed by atoms with Crippen molar-refractivity contribution in [3.05, 3.63) is 65.2 Å². The molecule has 4 aromatic rings. The summed E-state index contributed by atoms with van der Waals surface area (Å²) in [6, 6.07) is 11.5. The van der Waals surface area contributed by atoms with Gasteiger partial charge in [0.1, 0.15) is 17.2 Å². The van der Waals surface area contributed by atoms with Crippen LogP contribution in [0.4, 0.5) is 23.1 Å². The molecule has 3 aromatic heterocycles. The van der Waals surface area contributed by atoms with E-state index in [1.165, 1.54) is 16.7 Å². The van der Waals surface area contributed by atoms with Crippen LogP contribution >= 0.6 is 0 Å². The Morgan fingerprint density at radius 3 is 2.58 bits per heavy atom. The van der Waals surface area contributed by atoms with Gasteiger partial charge in [0.2, 0.25) is 16.0 Å². The lowest BCUT2D eigenvalue weighted by atomic mass is 10.3. The maximum Gasteiger partial charge on any atom is 0.274 e. The summed E-state index contributed by atoms with van der Waals surface area (Å²) in [5, 5.41) is 6.87. The third-order valence-electron chi connectivity index (χ3n) is 4.55. The molecular formula is C20H21N7O3S. The Morgan fingerprint density at radius 2 is 1.84 bits per heavy atom. The average Bonchev–Trinajstić information content (AvgIpc) is 3.21. The molecule has 3 heterocycles. The highest BCUT2D eigenvalue weighted by Crippen LogP contribution is 2.25. The van der Waals surface area contributed by atoms with Crippen molar-refractivity contribution in [2.75, 3.05) is 17.2 Å². The molecule has 0 aliphatic carbocycles. The normalized spacial score (nSPS) is 11.5. The fourth-order valence-electron chi connectivity index (χ4n) is 3.03. The van der Waals surface area contributed by atoms with E-state index in [4.69, 9.17) is 0 Å². The molecule has 0 spiro atoms. The minimum atomic E-state index is -3.53. The van der Waals surface area contributed by atoms with Gasteiger partial charge in [0.25, 0.3) is 5.56 Å². The zero-order valence-corrected chi connectivity index (χ0v) is 17.7. The summed E-state index contributed by atoms with van der Waals surface area (Å²) in [6.45, 7) is 2.03. The van der Waals surface area contributed by atoms with Gasteiger partial charge < -0.3 is 20.2 Å². The SMILES string of the molecule is CCNS(=O)(=O)c1ccc(Nc2nc(Nc3cccn(C)c3=O)c3cc[nH]c3n2)cc1. The molecule has 0 fully saturated rings. The second-order valence-corrected chi connectivity index (χ2v) is 8.52. The Morgan fingerprint density at radius 1 is 1.06 bits per heavy atom. The number of anilines is 4. The van der Waals surface area contributed by atoms with Crippen molar-refractivity contribution in [2.45, 2.75) is 11.8 Å². The van der Waals surface area contributed by atoms with Crippen molar-refractivity contribution in [3.63, 3.8) is 0 Å². The van der Waals surface area contributed by atoms with Gasteiger partial charge in [-0.1, -0.05) is 6.92 Å². The van der Waals surface area contributed by atoms with Crippen LogP contribution in [0.2, 0.25) is 0 Å². The molecule has 0 aliphatic rings. The standard InChI is InChI=1S/C20H21N7O3S/c1-3-22-31(29,30)14-8-6-13(7-9-14)23-20-25-17-15(10-11-21-17)18(26-20)24-16-5-4-12-27(2)19(16)28/h4-12,22H,3H2,1-2H3,(H3,21,23,24,25,26). The number of hydrogen-bond acceptors (Lipinski definition) is 7. The molecule has 0 saturated carbocycles. The van der Waals surface area contributed by atoms with Crippen LogP contribution in [0.3, 0.4) is 0 Å². The Bertz CT molecular complexity index is 1390. The number of rotatable bonds is 7. The molecule has 4 N–H and O–H groups in total. The van der Waals surface area contributed by atoms with Crippen molar-refractivity contribution < 1.29 is 8.42 Å². The second kappa shape index (κ2) is 8.20. The van der Waals surface area contributed by atoms with Gasteiger partial charge in [-0.05, 0) is 42.5 Å². The van der Waals surface area contributed by atoms with E-state index in [0.29, 0.717) is 29.4 Å². The van der Waals surface area contributed by atoms with Gasteiger partial charge in [-0.15, -0.1) is 0 Å². The molecule has 11 heteroatoms. The van der Waals surface area contributed by atoms with Crippen LogP contribution in [0.1, 0.15) is 6.92 Å². The largest absolute Gasteiger partial charge is 0.346 e. The van der Waals surface area contributed by atoms with Gasteiger partial charge in [-0.25, -0.2) is 13.1 Å². The first-order valence-corrected chi connectivity index (χ1v) is 11.0. The van der Waals surface area contributed by atoms with E-state index in [-0.39, 0.29) is 16.4 Å². The maximum absolute atomic E-state index is 12.4. The highest BCUT2D eigenvalue weighted by molar-refractivity contribution is 7.89. The number of nitrogens with one attached hydrogen (secondary N) is 4. The lowest BCUT2D eigenvalue weighted by Gasteiger charge is -2.11. The first-order chi connectivity index (χ1) is 14.9. The fourth-order valence-corrected chi connectivity index (χ4v) is 4.07. The second-order valence-electron chi connectivity index (χ2n) is 6.75. The van der Waals surface area contributed by atoms with Crippen LogP contribution in [0.25, 0.3) is 11.0 Å². The van der Waals surface area contributed by atoms with E-state index in [2.05, 4.69) is 30.3 Å². The summed E-state index contributed by atoms with van der Waals surface area (Å²) in [7, 11) is -1.85. The van der Waals surface area contributed by atoms with Crippen molar-refractivity contribution in [3.8, 4) is 0 Å². The van der Waals surface area contributed by atoms with Gasteiger partial charge in [-0.2, -0.15) is 9.97 Å². The van der Waals surface area contributed by atoms with E-state index in [9.17, 15) is 13.2 Å². The number of aromatic amines is 1. The predicted octanol–water partition coefficient (Wildman–Crippen LogP) is 2.44. The van der Waals surface area contributed by atoms with Gasteiger partial charge in [0.05, 0.1) is 10.3 Å². The van der Waals surface area contributed by atoms with E-state index < -0.39 is 10.0 Å². The summed E-state index contributed by atoms with van der Waals surface area (Å²) >= 11 is 0. The van der Waals surface area contributed by atoms with Crippen molar-refractivity contribution >= 4 is 44.2 Å². The summed E-state index contributed by atoms with van der Waals surface area (Å²) in [5.74, 6) is 0.746. The number of aryl methyl sites for hydroxylation is 1. The third-order valence-corrected chi connectivity index (χ3v) is 6.11. The van der Waals surface area contributed by atoms with Gasteiger partial charge in [0.15, 0.2) is 0 Å². The number of hydrogen-bond donors (Lipinski definition) is 4. The van der Waals surface area contributed by atoms with E-state index >= 15 is 0 Å². The third kappa shape index (κ3) is 4.27. The van der Waals surface area contributed by atoms with Crippen LogP contribution in [0.5, 0.6) is 0 Å². The molecular weight excluding hydrogens is 418 g/mol. The molecule has 31 heavy (non-hydrogen) atoms. The molecule has 0 aliphatic heterocycles. The van der Waals surface area contributed by atoms with Crippen LogP contribution in [0.15, 0.2) is 64.5 Å². The summed E-state index contributed by atoms with van der Waals surface area (Å²) < 4.78 is 28.1. The van der Waals surface area contributed by atoms with Crippen molar-refractivity contribution in [1.29, 1.82) is 0 Å². The van der Waals surface area contributed by atoms with Gasteiger partial charge >= 0.3 is 0 Å². The van der Waals surface area contributed by atoms with Crippen molar-refractivity contribution in [2.24, 2.45) is 7.05 Å². The summed E-state index contributed by atoms with van der Waals surface area (Å²) in [4.78, 5) is 24.5. The molecule has 0 radical (unpaired) electrons. The first-order valence-electron chi connectivity index (χ1n) is 9.52. The Balaban J connectivity index is 1.65. The Kier molecular flexibility index (Phi) is 5.44. The summed E-state index contributed by atoms with van der Waals surface area (Å²) in [6.07, 6.45) is 3.41. The molecule has 0 saturated heterocycles. The molecule has 0 unspecified atom stereocenters. The topological polar surface area (TPSA) is 134 Å². The Hall–Kier alpha value is -3.70. The molecule has 0 amide bonds. The highest BCUT2D eigenvalue weighted by Gasteiger charge is 2.14. The molecule has 160 valence electrons. The predicted molar refractivity (Wildman–Crippen MR) is 119 cm³/mol. The fraction of sp³-hybridized carbons (Fsp3) is 0.150. The molecule has 1 aromatic carbocycles. The quantitative estimate of drug-likeness (QED) is 0.347. The van der Waals surface area contributed by atoms with Crippen LogP contribution < -0.4 is 20.9 Å². The first kappa shape index (κ1) is 20.6. The molecule has 4 rings (SSSR count). The van der Waals surface area contributed by atoms with E-state index in [0.717, 1.165) is 5.39 Å². The minimum absolute atomic E-state index is 0.169. The summed E-state index contributed by atoms with van der Waals surface area (Å²) in [5.41, 5.74) is 1.40. The number of benzene rings is 1. The Labute approximate surface area is 178 Å². The molecule has 10 nitrogen and oxygen atoms in total.